The van der Waals surface area contributed by atoms with Gasteiger partial charge in [-0.25, -0.2) is 4.98 Å². The van der Waals surface area contributed by atoms with Crippen molar-refractivity contribution in [3.63, 3.8) is 0 Å². The van der Waals surface area contributed by atoms with Crippen molar-refractivity contribution in [3.8, 4) is 11.3 Å². The molecule has 0 unspecified atom stereocenters. The van der Waals surface area contributed by atoms with Gasteiger partial charge >= 0.3 is 0 Å². The van der Waals surface area contributed by atoms with Gasteiger partial charge in [-0.2, -0.15) is 0 Å². The maximum absolute atomic E-state index is 5.42. The van der Waals surface area contributed by atoms with Crippen LogP contribution in [0.15, 0.2) is 45.2 Å². The third-order valence-electron chi connectivity index (χ3n) is 4.29. The van der Waals surface area contributed by atoms with Crippen LogP contribution in [0.1, 0.15) is 35.9 Å². The van der Waals surface area contributed by atoms with Crippen LogP contribution in [0.4, 0.5) is 0 Å². The second kappa shape index (κ2) is 9.32. The first-order valence-electron chi connectivity index (χ1n) is 9.15. The first kappa shape index (κ1) is 19.1. The van der Waals surface area contributed by atoms with E-state index in [2.05, 4.69) is 52.1 Å². The topological polar surface area (TPSA) is 75.3 Å². The summed E-state index contributed by atoms with van der Waals surface area (Å²) in [6.45, 7) is 5.43. The zero-order valence-electron chi connectivity index (χ0n) is 16.0. The minimum absolute atomic E-state index is 0.627. The molecule has 2 heterocycles. The van der Waals surface area contributed by atoms with Crippen LogP contribution in [-0.2, 0) is 25.9 Å². The van der Waals surface area contributed by atoms with Crippen molar-refractivity contribution in [2.24, 2.45) is 4.99 Å². The highest BCUT2D eigenvalue weighted by atomic mass is 32.1. The van der Waals surface area contributed by atoms with E-state index in [1.54, 1.807) is 18.4 Å². The van der Waals surface area contributed by atoms with Gasteiger partial charge in [-0.15, -0.1) is 11.3 Å². The molecule has 27 heavy (non-hydrogen) atoms. The maximum Gasteiger partial charge on any atom is 0.191 e. The number of nitrogens with one attached hydrogen (secondary N) is 2. The van der Waals surface area contributed by atoms with Gasteiger partial charge in [0.2, 0.25) is 0 Å². The Bertz CT molecular complexity index is 863. The zero-order valence-corrected chi connectivity index (χ0v) is 16.8. The highest BCUT2D eigenvalue weighted by molar-refractivity contribution is 7.09. The van der Waals surface area contributed by atoms with E-state index in [1.165, 1.54) is 0 Å². The number of thiazole rings is 1. The molecule has 3 aromatic rings. The molecule has 0 saturated heterocycles. The van der Waals surface area contributed by atoms with Crippen LogP contribution in [-0.4, -0.2) is 23.1 Å². The fourth-order valence-electron chi connectivity index (χ4n) is 2.82. The van der Waals surface area contributed by atoms with E-state index in [1.807, 2.05) is 18.2 Å². The summed E-state index contributed by atoms with van der Waals surface area (Å²) in [5.41, 5.74) is 4.27. The lowest BCUT2D eigenvalue weighted by atomic mass is 10.1. The molecule has 6 nitrogen and oxygen atoms in total. The van der Waals surface area contributed by atoms with Crippen LogP contribution in [0.2, 0.25) is 0 Å². The average Bonchev–Trinajstić information content (AvgIpc) is 3.35. The number of aromatic nitrogens is 2. The molecule has 0 aliphatic heterocycles. The van der Waals surface area contributed by atoms with Gasteiger partial charge in [0, 0.05) is 36.5 Å². The van der Waals surface area contributed by atoms with Crippen molar-refractivity contribution in [1.29, 1.82) is 0 Å². The number of benzene rings is 1. The minimum Gasteiger partial charge on any atom is -0.361 e. The highest BCUT2D eigenvalue weighted by Gasteiger charge is 2.13. The smallest absolute Gasteiger partial charge is 0.191 e. The molecular weight excluding hydrogens is 358 g/mol. The number of aryl methyl sites for hydroxylation is 2. The van der Waals surface area contributed by atoms with E-state index >= 15 is 0 Å². The second-order valence-electron chi connectivity index (χ2n) is 6.01. The number of hydrogen-bond donors (Lipinski definition) is 2. The molecule has 0 saturated carbocycles. The molecular formula is C20H25N5OS. The Morgan fingerprint density at radius 3 is 2.59 bits per heavy atom. The molecule has 0 fully saturated rings. The van der Waals surface area contributed by atoms with Gasteiger partial charge in [0.15, 0.2) is 5.96 Å². The average molecular weight is 384 g/mol. The summed E-state index contributed by atoms with van der Waals surface area (Å²) in [7, 11) is 1.77. The number of guanidine groups is 1. The summed E-state index contributed by atoms with van der Waals surface area (Å²) in [4.78, 5) is 9.00. The van der Waals surface area contributed by atoms with Crippen molar-refractivity contribution >= 4 is 17.3 Å². The Kier molecular flexibility index (Phi) is 6.59. The largest absolute Gasteiger partial charge is 0.361 e. The van der Waals surface area contributed by atoms with Gasteiger partial charge in [0.05, 0.1) is 17.9 Å². The van der Waals surface area contributed by atoms with Crippen molar-refractivity contribution in [2.75, 3.05) is 7.05 Å². The quantitative estimate of drug-likeness (QED) is 0.480. The number of aliphatic imine (C=N–C) groups is 1. The summed E-state index contributed by atoms with van der Waals surface area (Å²) < 4.78 is 5.42. The summed E-state index contributed by atoms with van der Waals surface area (Å²) in [6.07, 6.45) is 1.69. The Morgan fingerprint density at radius 1 is 1.11 bits per heavy atom. The molecule has 2 aromatic heterocycles. The lowest BCUT2D eigenvalue weighted by Crippen LogP contribution is -2.36. The maximum atomic E-state index is 5.42. The second-order valence-corrected chi connectivity index (χ2v) is 6.95. The van der Waals surface area contributed by atoms with E-state index in [4.69, 9.17) is 9.51 Å². The van der Waals surface area contributed by atoms with Crippen molar-refractivity contribution in [1.82, 2.24) is 20.8 Å². The van der Waals surface area contributed by atoms with E-state index in [9.17, 15) is 0 Å². The minimum atomic E-state index is 0.627. The molecule has 142 valence electrons. The third kappa shape index (κ3) is 4.74. The number of nitrogens with zero attached hydrogens (tertiary/aromatic N) is 3. The Labute approximate surface area is 163 Å². The summed E-state index contributed by atoms with van der Waals surface area (Å²) in [5, 5.41) is 13.9. The normalized spacial score (nSPS) is 11.6. The lowest BCUT2D eigenvalue weighted by molar-refractivity contribution is 0.380. The zero-order chi connectivity index (χ0) is 19.1. The summed E-state index contributed by atoms with van der Waals surface area (Å²) >= 11 is 1.64. The van der Waals surface area contributed by atoms with Gasteiger partial charge in [-0.3, -0.25) is 4.99 Å². The monoisotopic (exact) mass is 383 g/mol. The summed E-state index contributed by atoms with van der Waals surface area (Å²) in [5.74, 6) is 1.67. The van der Waals surface area contributed by atoms with Crippen LogP contribution < -0.4 is 10.6 Å². The predicted molar refractivity (Wildman–Crippen MR) is 110 cm³/mol. The van der Waals surface area contributed by atoms with Crippen molar-refractivity contribution in [3.05, 3.63) is 57.7 Å². The molecule has 0 amide bonds. The Balaban J connectivity index is 1.57. The van der Waals surface area contributed by atoms with E-state index in [-0.39, 0.29) is 0 Å². The molecule has 0 aliphatic rings. The highest BCUT2D eigenvalue weighted by Crippen LogP contribution is 2.21. The van der Waals surface area contributed by atoms with Gasteiger partial charge < -0.3 is 15.2 Å². The number of hydrogen-bond acceptors (Lipinski definition) is 5. The molecule has 0 radical (unpaired) electrons. The molecule has 0 aliphatic carbocycles. The first-order chi connectivity index (χ1) is 13.2. The molecule has 0 bridgehead atoms. The predicted octanol–water partition coefficient (Wildman–Crippen LogP) is 3.79. The van der Waals surface area contributed by atoms with Crippen molar-refractivity contribution < 1.29 is 4.52 Å². The summed E-state index contributed by atoms with van der Waals surface area (Å²) in [6, 6.07) is 10.2. The lowest BCUT2D eigenvalue weighted by Gasteiger charge is -2.11. The van der Waals surface area contributed by atoms with E-state index in [0.29, 0.717) is 13.1 Å². The number of rotatable bonds is 7. The van der Waals surface area contributed by atoms with Gasteiger partial charge in [-0.05, 0) is 6.42 Å². The molecule has 3 rings (SSSR count). The standard InChI is InChI=1S/C20H25N5OS/c1-4-16-15(18(5-2)26-25-16)11-22-20(21-3)23-12-19-24-17(13-27-19)14-9-7-6-8-10-14/h6-10,13H,4-5,11-12H2,1-3H3,(H2,21,22,23). The molecule has 7 heteroatoms. The van der Waals surface area contributed by atoms with E-state index < -0.39 is 0 Å². The molecule has 1 aromatic carbocycles. The van der Waals surface area contributed by atoms with Gasteiger partial charge in [0.25, 0.3) is 0 Å². The van der Waals surface area contributed by atoms with Gasteiger partial charge in [-0.1, -0.05) is 49.3 Å². The molecule has 0 atom stereocenters. The van der Waals surface area contributed by atoms with Crippen molar-refractivity contribution in [2.45, 2.75) is 39.8 Å². The van der Waals surface area contributed by atoms with Gasteiger partial charge in [0.1, 0.15) is 10.8 Å². The SMILES string of the molecule is CCc1noc(CC)c1CNC(=NC)NCc1nc(-c2ccccc2)cs1. The fraction of sp³-hybridized carbons (Fsp3) is 0.350. The van der Waals surface area contributed by atoms with Crippen LogP contribution >= 0.6 is 11.3 Å². The third-order valence-corrected chi connectivity index (χ3v) is 5.14. The Hall–Kier alpha value is -2.67. The van der Waals surface area contributed by atoms with Crippen LogP contribution in [0.3, 0.4) is 0 Å². The molecule has 0 spiro atoms. The van der Waals surface area contributed by atoms with Crippen LogP contribution in [0.5, 0.6) is 0 Å². The van der Waals surface area contributed by atoms with Crippen LogP contribution in [0, 0.1) is 0 Å². The van der Waals surface area contributed by atoms with E-state index in [0.717, 1.165) is 52.1 Å². The first-order valence-corrected chi connectivity index (χ1v) is 10.0. The van der Waals surface area contributed by atoms with Crippen LogP contribution in [0.25, 0.3) is 11.3 Å². The Morgan fingerprint density at radius 2 is 1.89 bits per heavy atom. The fourth-order valence-corrected chi connectivity index (χ4v) is 3.57. The molecule has 2 N–H and O–H groups in total.